The number of aryl methyl sites for hydroxylation is 1. The molecule has 19 heavy (non-hydrogen) atoms. The van der Waals surface area contributed by atoms with Gasteiger partial charge in [-0.2, -0.15) is 0 Å². The minimum absolute atomic E-state index is 0.228. The Labute approximate surface area is 114 Å². The summed E-state index contributed by atoms with van der Waals surface area (Å²) in [6, 6.07) is 16.6. The zero-order chi connectivity index (χ0) is 13.7. The van der Waals surface area contributed by atoms with Crippen LogP contribution in [-0.2, 0) is 16.0 Å². The lowest BCUT2D eigenvalue weighted by atomic mass is 9.95. The van der Waals surface area contributed by atoms with Crippen molar-refractivity contribution in [3.8, 4) is 11.1 Å². The first-order valence-electron chi connectivity index (χ1n) is 6.46. The van der Waals surface area contributed by atoms with E-state index in [2.05, 4.69) is 31.2 Å². The first-order valence-corrected chi connectivity index (χ1v) is 6.46. The summed E-state index contributed by atoms with van der Waals surface area (Å²) in [4.78, 5) is 10.8. The molecule has 0 radical (unpaired) electrons. The summed E-state index contributed by atoms with van der Waals surface area (Å²) in [6.45, 7) is 3.98. The van der Waals surface area contributed by atoms with Crippen LogP contribution in [-0.4, -0.2) is 12.6 Å². The summed E-state index contributed by atoms with van der Waals surface area (Å²) in [7, 11) is 0. The maximum Gasteiger partial charge on any atom is 0.302 e. The molecule has 0 bridgehead atoms. The fourth-order valence-corrected chi connectivity index (χ4v) is 2.18. The molecule has 0 fully saturated rings. The van der Waals surface area contributed by atoms with Crippen LogP contribution in [0.25, 0.3) is 11.1 Å². The van der Waals surface area contributed by atoms with Crippen molar-refractivity contribution in [3.63, 3.8) is 0 Å². The van der Waals surface area contributed by atoms with Crippen molar-refractivity contribution >= 4 is 5.97 Å². The molecule has 0 atom stereocenters. The van der Waals surface area contributed by atoms with E-state index in [0.717, 1.165) is 6.42 Å². The highest BCUT2D eigenvalue weighted by atomic mass is 16.5. The molecule has 0 N–H and O–H groups in total. The van der Waals surface area contributed by atoms with Crippen LogP contribution >= 0.6 is 0 Å². The molecule has 2 aromatic rings. The minimum atomic E-state index is -0.228. The molecule has 2 heteroatoms. The van der Waals surface area contributed by atoms with Gasteiger partial charge in [-0.05, 0) is 29.2 Å². The Balaban J connectivity index is 2.26. The fourth-order valence-electron chi connectivity index (χ4n) is 2.18. The molecule has 2 nitrogen and oxygen atoms in total. The van der Waals surface area contributed by atoms with E-state index >= 15 is 0 Å². The van der Waals surface area contributed by atoms with Crippen molar-refractivity contribution < 1.29 is 9.53 Å². The van der Waals surface area contributed by atoms with Crippen molar-refractivity contribution in [2.75, 3.05) is 6.61 Å². The van der Waals surface area contributed by atoms with Gasteiger partial charge in [-0.15, -0.1) is 0 Å². The summed E-state index contributed by atoms with van der Waals surface area (Å²) in [5.41, 5.74) is 4.91. The quantitative estimate of drug-likeness (QED) is 0.776. The Morgan fingerprint density at radius 3 is 2.32 bits per heavy atom. The van der Waals surface area contributed by atoms with Gasteiger partial charge in [-0.25, -0.2) is 0 Å². The molecule has 0 unspecified atom stereocenters. The first kappa shape index (κ1) is 13.3. The van der Waals surface area contributed by atoms with E-state index in [1.807, 2.05) is 24.3 Å². The van der Waals surface area contributed by atoms with Gasteiger partial charge >= 0.3 is 5.97 Å². The highest BCUT2D eigenvalue weighted by molar-refractivity contribution is 5.70. The number of ether oxygens (including phenoxy) is 1. The van der Waals surface area contributed by atoms with E-state index in [9.17, 15) is 4.79 Å². The third kappa shape index (κ3) is 3.44. The molecule has 0 aromatic heterocycles. The summed E-state index contributed by atoms with van der Waals surface area (Å²) in [6.07, 6.45) is 0.740. The number of hydrogen-bond acceptors (Lipinski definition) is 2. The number of rotatable bonds is 4. The predicted octanol–water partition coefficient (Wildman–Crippen LogP) is 3.77. The molecule has 0 heterocycles. The molecule has 2 aromatic carbocycles. The summed E-state index contributed by atoms with van der Waals surface area (Å²) in [5, 5.41) is 0. The number of hydrogen-bond donors (Lipinski definition) is 0. The van der Waals surface area contributed by atoms with Crippen LogP contribution in [0.4, 0.5) is 0 Å². The normalized spacial score (nSPS) is 10.2. The standard InChI is InChI=1S/C17H18O2/c1-13-7-3-5-9-16(13)17-10-6-4-8-15(17)11-12-19-14(2)18/h3-10H,11-12H2,1-2H3. The third-order valence-corrected chi connectivity index (χ3v) is 3.13. The Hall–Kier alpha value is -2.09. The molecular weight excluding hydrogens is 236 g/mol. The van der Waals surface area contributed by atoms with E-state index in [1.54, 1.807) is 0 Å². The van der Waals surface area contributed by atoms with Crippen molar-refractivity contribution in [2.24, 2.45) is 0 Å². The van der Waals surface area contributed by atoms with E-state index < -0.39 is 0 Å². The van der Waals surface area contributed by atoms with Gasteiger partial charge in [-0.3, -0.25) is 4.79 Å². The lowest BCUT2D eigenvalue weighted by Gasteiger charge is -2.12. The van der Waals surface area contributed by atoms with Gasteiger partial charge in [-0.1, -0.05) is 48.5 Å². The number of carbonyl (C=O) groups is 1. The first-order chi connectivity index (χ1) is 9.18. The van der Waals surface area contributed by atoms with Crippen LogP contribution in [0.3, 0.4) is 0 Å². The Morgan fingerprint density at radius 1 is 1.00 bits per heavy atom. The highest BCUT2D eigenvalue weighted by Crippen LogP contribution is 2.26. The highest BCUT2D eigenvalue weighted by Gasteiger charge is 2.07. The Bertz CT molecular complexity index is 573. The average molecular weight is 254 g/mol. The smallest absolute Gasteiger partial charge is 0.302 e. The SMILES string of the molecule is CC(=O)OCCc1ccccc1-c1ccccc1C. The maximum atomic E-state index is 10.8. The van der Waals surface area contributed by atoms with Gasteiger partial charge in [0.15, 0.2) is 0 Å². The van der Waals surface area contributed by atoms with Crippen LogP contribution < -0.4 is 0 Å². The Kier molecular flexibility index (Phi) is 4.35. The van der Waals surface area contributed by atoms with Crippen LogP contribution in [0.2, 0.25) is 0 Å². The molecular formula is C17H18O2. The monoisotopic (exact) mass is 254 g/mol. The number of esters is 1. The van der Waals surface area contributed by atoms with Crippen LogP contribution in [0.1, 0.15) is 18.1 Å². The molecule has 0 aliphatic rings. The van der Waals surface area contributed by atoms with Crippen LogP contribution in [0.5, 0.6) is 0 Å². The van der Waals surface area contributed by atoms with Gasteiger partial charge < -0.3 is 4.74 Å². The van der Waals surface area contributed by atoms with Gasteiger partial charge in [0.1, 0.15) is 0 Å². The van der Waals surface area contributed by atoms with Crippen molar-refractivity contribution in [1.29, 1.82) is 0 Å². The van der Waals surface area contributed by atoms with E-state index in [1.165, 1.54) is 29.2 Å². The Morgan fingerprint density at radius 2 is 1.63 bits per heavy atom. The average Bonchev–Trinajstić information content (AvgIpc) is 2.40. The predicted molar refractivity (Wildman–Crippen MR) is 77.0 cm³/mol. The minimum Gasteiger partial charge on any atom is -0.466 e. The topological polar surface area (TPSA) is 26.3 Å². The van der Waals surface area contributed by atoms with Crippen molar-refractivity contribution in [3.05, 3.63) is 59.7 Å². The number of carbonyl (C=O) groups excluding carboxylic acids is 1. The van der Waals surface area contributed by atoms with Crippen molar-refractivity contribution in [2.45, 2.75) is 20.3 Å². The lowest BCUT2D eigenvalue weighted by molar-refractivity contribution is -0.140. The maximum absolute atomic E-state index is 10.8. The zero-order valence-corrected chi connectivity index (χ0v) is 11.3. The summed E-state index contributed by atoms with van der Waals surface area (Å²) < 4.78 is 5.03. The molecule has 0 aliphatic carbocycles. The van der Waals surface area contributed by atoms with E-state index in [4.69, 9.17) is 4.74 Å². The van der Waals surface area contributed by atoms with Gasteiger partial charge in [0.05, 0.1) is 6.61 Å². The molecule has 0 saturated heterocycles. The molecule has 0 amide bonds. The van der Waals surface area contributed by atoms with E-state index in [0.29, 0.717) is 6.61 Å². The fraction of sp³-hybridized carbons (Fsp3) is 0.235. The van der Waals surface area contributed by atoms with Crippen molar-refractivity contribution in [1.82, 2.24) is 0 Å². The summed E-state index contributed by atoms with van der Waals surface area (Å²) >= 11 is 0. The molecule has 0 spiro atoms. The van der Waals surface area contributed by atoms with E-state index in [-0.39, 0.29) is 5.97 Å². The molecule has 0 aliphatic heterocycles. The second kappa shape index (κ2) is 6.19. The molecule has 0 saturated carbocycles. The largest absolute Gasteiger partial charge is 0.466 e. The van der Waals surface area contributed by atoms with Gasteiger partial charge in [0.2, 0.25) is 0 Å². The molecule has 98 valence electrons. The summed E-state index contributed by atoms with van der Waals surface area (Å²) in [5.74, 6) is -0.228. The van der Waals surface area contributed by atoms with Gasteiger partial charge in [0, 0.05) is 13.3 Å². The second-order valence-electron chi connectivity index (χ2n) is 4.56. The number of benzene rings is 2. The second-order valence-corrected chi connectivity index (χ2v) is 4.56. The zero-order valence-electron chi connectivity index (χ0n) is 11.3. The molecule has 2 rings (SSSR count). The van der Waals surface area contributed by atoms with Crippen LogP contribution in [0, 0.1) is 6.92 Å². The third-order valence-electron chi connectivity index (χ3n) is 3.13. The van der Waals surface area contributed by atoms with Gasteiger partial charge in [0.25, 0.3) is 0 Å². The van der Waals surface area contributed by atoms with Crippen LogP contribution in [0.15, 0.2) is 48.5 Å². The lowest BCUT2D eigenvalue weighted by Crippen LogP contribution is -2.04.